The van der Waals surface area contributed by atoms with Gasteiger partial charge in [-0.3, -0.25) is 14.9 Å². The Kier molecular flexibility index (Phi) is 5.04. The van der Waals surface area contributed by atoms with Crippen molar-refractivity contribution in [2.45, 2.75) is 0 Å². The van der Waals surface area contributed by atoms with Gasteiger partial charge in [0.25, 0.3) is 11.6 Å². The van der Waals surface area contributed by atoms with Crippen LogP contribution in [0.25, 0.3) is 6.08 Å². The molecule has 2 rings (SSSR count). The van der Waals surface area contributed by atoms with Crippen molar-refractivity contribution in [3.05, 3.63) is 60.7 Å². The Morgan fingerprint density at radius 2 is 2.00 bits per heavy atom. The molecule has 0 fully saturated rings. The summed E-state index contributed by atoms with van der Waals surface area (Å²) in [5, 5.41) is 22.2. The molecular weight excluding hydrogens is 370 g/mol. The molecule has 1 amide bonds. The number of benzene rings is 1. The smallest absolute Gasteiger partial charge is 0.269 e. The van der Waals surface area contributed by atoms with Crippen LogP contribution in [0.4, 0.5) is 11.4 Å². The third-order valence-corrected chi connectivity index (χ3v) is 4.15. The van der Waals surface area contributed by atoms with Gasteiger partial charge in [0, 0.05) is 22.7 Å². The zero-order valence-corrected chi connectivity index (χ0v) is 13.3. The summed E-state index contributed by atoms with van der Waals surface area (Å²) in [6.45, 7) is 0. The maximum atomic E-state index is 12.0. The van der Waals surface area contributed by atoms with Crippen molar-refractivity contribution in [2.75, 3.05) is 5.32 Å². The molecule has 0 bridgehead atoms. The van der Waals surface area contributed by atoms with Gasteiger partial charge in [-0.25, -0.2) is 0 Å². The minimum Gasteiger partial charge on any atom is -0.321 e. The molecule has 22 heavy (non-hydrogen) atoms. The Hall–Kier alpha value is -2.50. The number of hydrogen-bond donors (Lipinski definition) is 1. The summed E-state index contributed by atoms with van der Waals surface area (Å²) in [4.78, 5) is 22.8. The molecule has 0 saturated carbocycles. The molecule has 6 nitrogen and oxygen atoms in total. The van der Waals surface area contributed by atoms with E-state index in [9.17, 15) is 14.9 Å². The Morgan fingerprint density at radius 1 is 1.32 bits per heavy atom. The lowest BCUT2D eigenvalue weighted by Gasteiger charge is -2.03. The molecule has 1 heterocycles. The number of thiophene rings is 1. The van der Waals surface area contributed by atoms with E-state index in [4.69, 9.17) is 5.26 Å². The Labute approximate surface area is 138 Å². The second-order valence-corrected chi connectivity index (χ2v) is 6.56. The van der Waals surface area contributed by atoms with Gasteiger partial charge in [-0.15, -0.1) is 11.3 Å². The number of nitro benzene ring substituents is 1. The van der Waals surface area contributed by atoms with Crippen molar-refractivity contribution < 1.29 is 9.72 Å². The zero-order valence-electron chi connectivity index (χ0n) is 10.9. The number of amides is 1. The van der Waals surface area contributed by atoms with Gasteiger partial charge < -0.3 is 5.32 Å². The molecule has 8 heteroatoms. The zero-order chi connectivity index (χ0) is 16.1. The van der Waals surface area contributed by atoms with Crippen molar-refractivity contribution in [3.8, 4) is 6.07 Å². The Morgan fingerprint density at radius 3 is 2.50 bits per heavy atom. The van der Waals surface area contributed by atoms with Crippen molar-refractivity contribution >= 4 is 50.6 Å². The average molecular weight is 378 g/mol. The standard InChI is InChI=1S/C14H8BrN3O3S/c15-13-6-5-12(22-13)7-9(8-16)14(19)17-10-1-3-11(4-2-10)18(20)21/h1-7H,(H,17,19)/b9-7+. The molecular formula is C14H8BrN3O3S. The second kappa shape index (κ2) is 6.98. The van der Waals surface area contributed by atoms with E-state index in [1.54, 1.807) is 6.07 Å². The van der Waals surface area contributed by atoms with Gasteiger partial charge in [-0.1, -0.05) is 0 Å². The molecule has 2 aromatic rings. The third kappa shape index (κ3) is 4.00. The summed E-state index contributed by atoms with van der Waals surface area (Å²) in [6, 6.07) is 10.8. The number of anilines is 1. The van der Waals surface area contributed by atoms with E-state index in [1.807, 2.05) is 12.1 Å². The van der Waals surface area contributed by atoms with Gasteiger partial charge in [-0.2, -0.15) is 5.26 Å². The normalized spacial score (nSPS) is 10.8. The molecule has 0 saturated heterocycles. The van der Waals surface area contributed by atoms with Crippen LogP contribution >= 0.6 is 27.3 Å². The van der Waals surface area contributed by atoms with Crippen LogP contribution in [0.1, 0.15) is 4.88 Å². The molecule has 0 aliphatic heterocycles. The van der Waals surface area contributed by atoms with Gasteiger partial charge in [0.2, 0.25) is 0 Å². The lowest BCUT2D eigenvalue weighted by molar-refractivity contribution is -0.384. The predicted molar refractivity (Wildman–Crippen MR) is 87.3 cm³/mol. The molecule has 0 aliphatic carbocycles. The van der Waals surface area contributed by atoms with Gasteiger partial charge >= 0.3 is 0 Å². The number of halogens is 1. The quantitative estimate of drug-likeness (QED) is 0.377. The van der Waals surface area contributed by atoms with Crippen molar-refractivity contribution in [1.82, 2.24) is 0 Å². The van der Waals surface area contributed by atoms with E-state index in [0.29, 0.717) is 5.69 Å². The average Bonchev–Trinajstić information content (AvgIpc) is 2.90. The summed E-state index contributed by atoms with van der Waals surface area (Å²) in [6.07, 6.45) is 1.48. The van der Waals surface area contributed by atoms with Gasteiger partial charge in [0.1, 0.15) is 11.6 Å². The fourth-order valence-corrected chi connectivity index (χ4v) is 2.93. The van der Waals surface area contributed by atoms with E-state index in [1.165, 1.54) is 41.7 Å². The number of non-ortho nitro benzene ring substituents is 1. The van der Waals surface area contributed by atoms with Crippen LogP contribution in [0.5, 0.6) is 0 Å². The van der Waals surface area contributed by atoms with Crippen LogP contribution in [0, 0.1) is 21.4 Å². The predicted octanol–water partition coefficient (Wildman–Crippen LogP) is 3.96. The minimum atomic E-state index is -0.569. The summed E-state index contributed by atoms with van der Waals surface area (Å²) in [5.41, 5.74) is 0.259. The molecule has 0 spiro atoms. The van der Waals surface area contributed by atoms with Crippen LogP contribution in [0.15, 0.2) is 45.8 Å². The van der Waals surface area contributed by atoms with E-state index in [0.717, 1.165) is 8.66 Å². The topological polar surface area (TPSA) is 96.0 Å². The van der Waals surface area contributed by atoms with Crippen LogP contribution in [-0.4, -0.2) is 10.8 Å². The Bertz CT molecular complexity index is 790. The van der Waals surface area contributed by atoms with Crippen LogP contribution in [0.3, 0.4) is 0 Å². The highest BCUT2D eigenvalue weighted by Gasteiger charge is 2.11. The number of nitro groups is 1. The summed E-state index contributed by atoms with van der Waals surface area (Å²) in [5.74, 6) is -0.569. The highest BCUT2D eigenvalue weighted by atomic mass is 79.9. The highest BCUT2D eigenvalue weighted by molar-refractivity contribution is 9.11. The largest absolute Gasteiger partial charge is 0.321 e. The summed E-state index contributed by atoms with van der Waals surface area (Å²) < 4.78 is 0.895. The fraction of sp³-hybridized carbons (Fsp3) is 0. The van der Waals surface area contributed by atoms with E-state index < -0.39 is 10.8 Å². The minimum absolute atomic E-state index is 0.0484. The number of hydrogen-bond acceptors (Lipinski definition) is 5. The highest BCUT2D eigenvalue weighted by Crippen LogP contribution is 2.24. The monoisotopic (exact) mass is 377 g/mol. The Balaban J connectivity index is 2.14. The molecule has 0 unspecified atom stereocenters. The van der Waals surface area contributed by atoms with E-state index in [-0.39, 0.29) is 11.3 Å². The summed E-state index contributed by atoms with van der Waals surface area (Å²) >= 11 is 4.70. The first-order chi connectivity index (χ1) is 10.5. The lowest BCUT2D eigenvalue weighted by atomic mass is 10.2. The van der Waals surface area contributed by atoms with Crippen LogP contribution in [-0.2, 0) is 4.79 Å². The number of carbonyl (C=O) groups is 1. The first-order valence-electron chi connectivity index (χ1n) is 5.92. The first-order valence-corrected chi connectivity index (χ1v) is 7.53. The van der Waals surface area contributed by atoms with Gasteiger partial charge in [0.15, 0.2) is 0 Å². The molecule has 110 valence electrons. The third-order valence-electron chi connectivity index (χ3n) is 2.58. The molecule has 0 atom stereocenters. The number of rotatable bonds is 4. The number of carbonyl (C=O) groups excluding carboxylic acids is 1. The maximum Gasteiger partial charge on any atom is 0.269 e. The molecule has 0 radical (unpaired) electrons. The molecule has 1 aromatic carbocycles. The van der Waals surface area contributed by atoms with Crippen molar-refractivity contribution in [3.63, 3.8) is 0 Å². The van der Waals surface area contributed by atoms with E-state index in [2.05, 4.69) is 21.2 Å². The van der Waals surface area contributed by atoms with Gasteiger partial charge in [0.05, 0.1) is 8.71 Å². The molecule has 0 aliphatic rings. The van der Waals surface area contributed by atoms with Crippen molar-refractivity contribution in [2.24, 2.45) is 0 Å². The number of nitriles is 1. The van der Waals surface area contributed by atoms with Crippen LogP contribution < -0.4 is 5.32 Å². The maximum absolute atomic E-state index is 12.0. The molecule has 1 aromatic heterocycles. The molecule has 1 N–H and O–H groups in total. The first kappa shape index (κ1) is 15.9. The van der Waals surface area contributed by atoms with Crippen molar-refractivity contribution in [1.29, 1.82) is 5.26 Å². The summed E-state index contributed by atoms with van der Waals surface area (Å²) in [7, 11) is 0. The lowest BCUT2D eigenvalue weighted by Crippen LogP contribution is -2.13. The van der Waals surface area contributed by atoms with Crippen LogP contribution in [0.2, 0.25) is 0 Å². The second-order valence-electron chi connectivity index (χ2n) is 4.07. The SMILES string of the molecule is N#C/C(=C\c1ccc(Br)s1)C(=O)Nc1ccc([N+](=O)[O-])cc1. The van der Waals surface area contributed by atoms with E-state index >= 15 is 0 Å². The number of nitrogens with zero attached hydrogens (tertiary/aromatic N) is 2. The number of nitrogens with one attached hydrogen (secondary N) is 1. The van der Waals surface area contributed by atoms with Gasteiger partial charge in [-0.05, 0) is 46.3 Å². The fourth-order valence-electron chi connectivity index (χ4n) is 1.56.